The third-order valence-electron chi connectivity index (χ3n) is 3.67. The number of ether oxygens (including phenoxy) is 1. The summed E-state index contributed by atoms with van der Waals surface area (Å²) >= 11 is 0. The van der Waals surface area contributed by atoms with Crippen molar-refractivity contribution in [3.8, 4) is 5.75 Å². The normalized spacial score (nSPS) is 24.4. The van der Waals surface area contributed by atoms with Crippen molar-refractivity contribution in [1.82, 2.24) is 0 Å². The summed E-state index contributed by atoms with van der Waals surface area (Å²) in [6, 6.07) is 8.25. The number of benzene rings is 1. The van der Waals surface area contributed by atoms with Crippen LogP contribution in [0.5, 0.6) is 5.75 Å². The van der Waals surface area contributed by atoms with Gasteiger partial charge in [-0.05, 0) is 37.1 Å². The molecule has 0 heterocycles. The third-order valence-corrected chi connectivity index (χ3v) is 3.67. The fourth-order valence-corrected chi connectivity index (χ4v) is 2.55. The summed E-state index contributed by atoms with van der Waals surface area (Å²) < 4.78 is 5.15. The first kappa shape index (κ1) is 12.2. The number of hydrogen-bond acceptors (Lipinski definition) is 3. The van der Waals surface area contributed by atoms with Crippen LogP contribution in [-0.4, -0.2) is 31.4 Å². The molecule has 0 saturated heterocycles. The lowest BCUT2D eigenvalue weighted by Gasteiger charge is -2.36. The monoisotopic (exact) mass is 235 g/mol. The number of anilines is 1. The molecule has 94 valence electrons. The summed E-state index contributed by atoms with van der Waals surface area (Å²) in [5.41, 5.74) is 1.14. The first-order chi connectivity index (χ1) is 8.22. The van der Waals surface area contributed by atoms with Crippen molar-refractivity contribution in [2.45, 2.75) is 37.8 Å². The Balaban J connectivity index is 2.09. The molecule has 1 fully saturated rings. The van der Waals surface area contributed by atoms with Gasteiger partial charge in [-0.15, -0.1) is 0 Å². The van der Waals surface area contributed by atoms with Crippen LogP contribution in [0.2, 0.25) is 0 Å². The van der Waals surface area contributed by atoms with Gasteiger partial charge in [0.2, 0.25) is 0 Å². The minimum absolute atomic E-state index is 0.198. The fraction of sp³-hybridized carbons (Fsp3) is 0.571. The number of hydrogen-bond donors (Lipinski definition) is 1. The molecule has 1 aliphatic carbocycles. The Kier molecular flexibility index (Phi) is 3.89. The van der Waals surface area contributed by atoms with Gasteiger partial charge < -0.3 is 14.7 Å². The molecule has 0 amide bonds. The van der Waals surface area contributed by atoms with E-state index in [2.05, 4.69) is 11.9 Å². The second-order valence-electron chi connectivity index (χ2n) is 4.73. The molecule has 1 N–H and O–H groups in total. The number of aliphatic hydroxyl groups excluding tert-OH is 1. The van der Waals surface area contributed by atoms with E-state index < -0.39 is 0 Å². The lowest BCUT2D eigenvalue weighted by atomic mass is 9.91. The first-order valence-electron chi connectivity index (χ1n) is 6.27. The fourth-order valence-electron chi connectivity index (χ4n) is 2.55. The van der Waals surface area contributed by atoms with E-state index in [1.807, 2.05) is 24.3 Å². The van der Waals surface area contributed by atoms with Gasteiger partial charge in [0.1, 0.15) is 5.75 Å². The molecule has 0 radical (unpaired) electrons. The van der Waals surface area contributed by atoms with Crippen LogP contribution in [0.3, 0.4) is 0 Å². The Labute approximate surface area is 103 Å². The molecule has 1 aromatic rings. The van der Waals surface area contributed by atoms with Crippen LogP contribution in [0.1, 0.15) is 25.7 Å². The van der Waals surface area contributed by atoms with Gasteiger partial charge in [-0.1, -0.05) is 12.8 Å². The van der Waals surface area contributed by atoms with Crippen molar-refractivity contribution in [3.05, 3.63) is 24.3 Å². The molecule has 3 nitrogen and oxygen atoms in total. The molecule has 0 bridgehead atoms. The summed E-state index contributed by atoms with van der Waals surface area (Å²) in [7, 11) is 3.73. The van der Waals surface area contributed by atoms with Crippen LogP contribution in [0.15, 0.2) is 24.3 Å². The van der Waals surface area contributed by atoms with E-state index in [-0.39, 0.29) is 12.1 Å². The third kappa shape index (κ3) is 2.72. The lowest BCUT2D eigenvalue weighted by Crippen LogP contribution is -2.43. The summed E-state index contributed by atoms with van der Waals surface area (Å²) in [6.45, 7) is 0. The van der Waals surface area contributed by atoms with Crippen LogP contribution >= 0.6 is 0 Å². The largest absolute Gasteiger partial charge is 0.497 e. The van der Waals surface area contributed by atoms with Crippen LogP contribution < -0.4 is 9.64 Å². The first-order valence-corrected chi connectivity index (χ1v) is 6.27. The Bertz CT molecular complexity index is 350. The average Bonchev–Trinajstić information content (AvgIpc) is 2.39. The van der Waals surface area contributed by atoms with Gasteiger partial charge >= 0.3 is 0 Å². The summed E-state index contributed by atoms with van der Waals surface area (Å²) in [5, 5.41) is 10.0. The maximum absolute atomic E-state index is 10.0. The molecule has 0 spiro atoms. The number of nitrogens with zero attached hydrogens (tertiary/aromatic N) is 1. The van der Waals surface area contributed by atoms with Crippen molar-refractivity contribution < 1.29 is 9.84 Å². The molecule has 17 heavy (non-hydrogen) atoms. The van der Waals surface area contributed by atoms with Gasteiger partial charge in [-0.2, -0.15) is 0 Å². The molecule has 1 saturated carbocycles. The van der Waals surface area contributed by atoms with Crippen LogP contribution in [0.4, 0.5) is 5.69 Å². The Morgan fingerprint density at radius 2 is 1.82 bits per heavy atom. The van der Waals surface area contributed by atoms with Gasteiger partial charge in [0.25, 0.3) is 0 Å². The predicted octanol–water partition coefficient (Wildman–Crippen LogP) is 2.43. The minimum atomic E-state index is -0.198. The Morgan fingerprint density at radius 3 is 2.41 bits per heavy atom. The summed E-state index contributed by atoms with van der Waals surface area (Å²) in [4.78, 5) is 2.18. The number of likely N-dealkylation sites (N-methyl/N-ethyl adjacent to an activating group) is 1. The van der Waals surface area contributed by atoms with E-state index in [9.17, 15) is 5.11 Å². The topological polar surface area (TPSA) is 32.7 Å². The van der Waals surface area contributed by atoms with E-state index in [0.29, 0.717) is 0 Å². The van der Waals surface area contributed by atoms with Crippen molar-refractivity contribution in [2.24, 2.45) is 0 Å². The van der Waals surface area contributed by atoms with E-state index in [0.717, 1.165) is 30.7 Å². The Morgan fingerprint density at radius 1 is 1.18 bits per heavy atom. The van der Waals surface area contributed by atoms with Crippen molar-refractivity contribution in [2.75, 3.05) is 19.1 Å². The second kappa shape index (κ2) is 5.41. The minimum Gasteiger partial charge on any atom is -0.497 e. The Hall–Kier alpha value is -1.22. The standard InChI is InChI=1S/C14H21NO2/c1-15(13-5-3-4-6-14(13)16)11-7-9-12(17-2)10-8-11/h7-10,13-14,16H,3-6H2,1-2H3/t13-,14-/m1/s1. The molecule has 2 rings (SSSR count). The maximum atomic E-state index is 10.0. The van der Waals surface area contributed by atoms with Gasteiger partial charge in [-0.25, -0.2) is 0 Å². The highest BCUT2D eigenvalue weighted by atomic mass is 16.5. The zero-order chi connectivity index (χ0) is 12.3. The predicted molar refractivity (Wildman–Crippen MR) is 69.7 cm³/mol. The number of methoxy groups -OCH3 is 1. The quantitative estimate of drug-likeness (QED) is 0.873. The smallest absolute Gasteiger partial charge is 0.119 e. The number of rotatable bonds is 3. The molecule has 1 aromatic carbocycles. The molecule has 0 unspecified atom stereocenters. The van der Waals surface area contributed by atoms with E-state index in [1.54, 1.807) is 7.11 Å². The highest BCUT2D eigenvalue weighted by Crippen LogP contribution is 2.27. The zero-order valence-corrected chi connectivity index (χ0v) is 10.6. The highest BCUT2D eigenvalue weighted by Gasteiger charge is 2.26. The van der Waals surface area contributed by atoms with Gasteiger partial charge in [0, 0.05) is 12.7 Å². The summed E-state index contributed by atoms with van der Waals surface area (Å²) in [6.07, 6.45) is 4.15. The van der Waals surface area contributed by atoms with E-state index in [1.165, 1.54) is 6.42 Å². The van der Waals surface area contributed by atoms with Crippen molar-refractivity contribution in [3.63, 3.8) is 0 Å². The molecule has 2 atom stereocenters. The molecular formula is C14H21NO2. The zero-order valence-electron chi connectivity index (χ0n) is 10.6. The molecular weight excluding hydrogens is 214 g/mol. The molecule has 3 heteroatoms. The van der Waals surface area contributed by atoms with E-state index in [4.69, 9.17) is 4.74 Å². The van der Waals surface area contributed by atoms with Crippen molar-refractivity contribution >= 4 is 5.69 Å². The van der Waals surface area contributed by atoms with Crippen LogP contribution in [0.25, 0.3) is 0 Å². The maximum Gasteiger partial charge on any atom is 0.119 e. The van der Waals surface area contributed by atoms with Gasteiger partial charge in [-0.3, -0.25) is 0 Å². The van der Waals surface area contributed by atoms with Gasteiger partial charge in [0.15, 0.2) is 0 Å². The van der Waals surface area contributed by atoms with Gasteiger partial charge in [0.05, 0.1) is 19.3 Å². The SMILES string of the molecule is COc1ccc(N(C)[C@@H]2CCCC[C@H]2O)cc1. The molecule has 0 aromatic heterocycles. The van der Waals surface area contributed by atoms with Crippen molar-refractivity contribution in [1.29, 1.82) is 0 Å². The highest BCUT2D eigenvalue weighted by molar-refractivity contribution is 5.49. The summed E-state index contributed by atoms with van der Waals surface area (Å²) in [5.74, 6) is 0.867. The number of aliphatic hydroxyl groups is 1. The average molecular weight is 235 g/mol. The lowest BCUT2D eigenvalue weighted by molar-refractivity contribution is 0.106. The van der Waals surface area contributed by atoms with Crippen LogP contribution in [-0.2, 0) is 0 Å². The van der Waals surface area contributed by atoms with Crippen LogP contribution in [0, 0.1) is 0 Å². The molecule has 1 aliphatic rings. The molecule has 0 aliphatic heterocycles. The van der Waals surface area contributed by atoms with E-state index >= 15 is 0 Å². The second-order valence-corrected chi connectivity index (χ2v) is 4.73.